The summed E-state index contributed by atoms with van der Waals surface area (Å²) in [6, 6.07) is 6.49. The second kappa shape index (κ2) is 6.35. The third-order valence-corrected chi connectivity index (χ3v) is 4.56. The van der Waals surface area contributed by atoms with Gasteiger partial charge in [0.2, 0.25) is 5.91 Å². The van der Waals surface area contributed by atoms with E-state index in [9.17, 15) is 4.79 Å². The van der Waals surface area contributed by atoms with Crippen molar-refractivity contribution in [3.05, 3.63) is 28.6 Å². The van der Waals surface area contributed by atoms with Crippen LogP contribution in [0.25, 0.3) is 10.2 Å². The number of rotatable bonds is 4. The highest BCUT2D eigenvalue weighted by atomic mass is 32.1. The first kappa shape index (κ1) is 15.0. The number of aromatic nitrogens is 1. The summed E-state index contributed by atoms with van der Waals surface area (Å²) in [5.74, 6) is 0.497. The smallest absolute Gasteiger partial charge is 0.248 e. The molecule has 0 atom stereocenters. The van der Waals surface area contributed by atoms with Gasteiger partial charge in [-0.05, 0) is 30.0 Å². The molecule has 0 spiro atoms. The first-order chi connectivity index (χ1) is 9.52. The summed E-state index contributed by atoms with van der Waals surface area (Å²) in [5, 5.41) is 0. The highest BCUT2D eigenvalue weighted by Crippen LogP contribution is 2.22. The van der Waals surface area contributed by atoms with Crippen LogP contribution in [0.5, 0.6) is 0 Å². The van der Waals surface area contributed by atoms with Gasteiger partial charge in [0.25, 0.3) is 0 Å². The Morgan fingerprint density at radius 2 is 2.15 bits per heavy atom. The van der Waals surface area contributed by atoms with E-state index < -0.39 is 0 Å². The number of hydrogen-bond acceptors (Lipinski definition) is 2. The Morgan fingerprint density at radius 3 is 2.80 bits per heavy atom. The molecule has 0 aliphatic heterocycles. The zero-order chi connectivity index (χ0) is 14.7. The third-order valence-electron chi connectivity index (χ3n) is 3.46. The van der Waals surface area contributed by atoms with Crippen molar-refractivity contribution >= 4 is 27.5 Å². The van der Waals surface area contributed by atoms with Gasteiger partial charge in [-0.25, -0.2) is 0 Å². The number of fused-ring (bicyclic) bond motifs is 1. The van der Waals surface area contributed by atoms with Crippen molar-refractivity contribution in [1.82, 2.24) is 4.57 Å². The van der Waals surface area contributed by atoms with E-state index in [4.69, 9.17) is 0 Å². The molecule has 1 heterocycles. The van der Waals surface area contributed by atoms with Crippen molar-refractivity contribution in [2.45, 2.75) is 46.0 Å². The van der Waals surface area contributed by atoms with Gasteiger partial charge in [-0.2, -0.15) is 4.99 Å². The molecule has 20 heavy (non-hydrogen) atoms. The molecule has 0 saturated carbocycles. The van der Waals surface area contributed by atoms with Crippen LogP contribution in [0, 0.1) is 0 Å². The van der Waals surface area contributed by atoms with Crippen LogP contribution in [-0.4, -0.2) is 10.5 Å². The number of benzene rings is 1. The summed E-state index contributed by atoms with van der Waals surface area (Å²) in [4.78, 5) is 16.8. The van der Waals surface area contributed by atoms with Gasteiger partial charge in [-0.15, -0.1) is 0 Å². The van der Waals surface area contributed by atoms with Crippen LogP contribution in [0.15, 0.2) is 23.2 Å². The molecule has 4 heteroatoms. The summed E-state index contributed by atoms with van der Waals surface area (Å²) in [7, 11) is 1.97. The number of nitrogens with zero attached hydrogens (tertiary/aromatic N) is 2. The Balaban J connectivity index is 2.42. The fraction of sp³-hybridized carbons (Fsp3) is 0.500. The maximum absolute atomic E-state index is 11.8. The van der Waals surface area contributed by atoms with Crippen LogP contribution in [0.4, 0.5) is 0 Å². The van der Waals surface area contributed by atoms with E-state index in [1.54, 1.807) is 11.3 Å². The predicted molar refractivity (Wildman–Crippen MR) is 85.0 cm³/mol. The van der Waals surface area contributed by atoms with Crippen LogP contribution in [0.2, 0.25) is 0 Å². The Morgan fingerprint density at radius 1 is 1.40 bits per heavy atom. The van der Waals surface area contributed by atoms with Crippen LogP contribution >= 0.6 is 11.3 Å². The minimum atomic E-state index is -0.0157. The van der Waals surface area contributed by atoms with Gasteiger partial charge in [0.15, 0.2) is 4.80 Å². The minimum Gasteiger partial charge on any atom is -0.319 e. The lowest BCUT2D eigenvalue weighted by molar-refractivity contribution is -0.118. The molecule has 2 aromatic rings. The largest absolute Gasteiger partial charge is 0.319 e. The van der Waals surface area contributed by atoms with Gasteiger partial charge in [-0.1, -0.05) is 44.6 Å². The van der Waals surface area contributed by atoms with Gasteiger partial charge in [0, 0.05) is 13.5 Å². The molecule has 0 saturated heterocycles. The molecule has 1 aromatic heterocycles. The van der Waals surface area contributed by atoms with E-state index in [0.717, 1.165) is 23.2 Å². The van der Waals surface area contributed by atoms with Crippen molar-refractivity contribution in [2.75, 3.05) is 0 Å². The van der Waals surface area contributed by atoms with Crippen molar-refractivity contribution in [2.24, 2.45) is 12.0 Å². The normalized spacial score (nSPS) is 12.6. The Bertz CT molecular complexity index is 679. The molecule has 0 fully saturated rings. The number of carbonyl (C=O) groups is 1. The maximum atomic E-state index is 11.8. The van der Waals surface area contributed by atoms with Gasteiger partial charge < -0.3 is 4.57 Å². The summed E-state index contributed by atoms with van der Waals surface area (Å²) in [6.07, 6.45) is 2.48. The molecular formula is C16H22N2OS. The van der Waals surface area contributed by atoms with Gasteiger partial charge in [-0.3, -0.25) is 4.79 Å². The standard InChI is InChI=1S/C16H22N2OS/c1-5-6-7-15(19)17-16-18(4)13-9-8-12(11(2)3)10-14(13)20-16/h8-11H,5-7H2,1-4H3. The van der Waals surface area contributed by atoms with Crippen LogP contribution in [0.3, 0.4) is 0 Å². The summed E-state index contributed by atoms with van der Waals surface area (Å²) in [6.45, 7) is 6.46. The van der Waals surface area contributed by atoms with Gasteiger partial charge in [0.05, 0.1) is 10.2 Å². The van der Waals surface area contributed by atoms with Crippen molar-refractivity contribution in [3.63, 3.8) is 0 Å². The van der Waals surface area contributed by atoms with E-state index in [2.05, 4.69) is 44.0 Å². The minimum absolute atomic E-state index is 0.0157. The number of thiazole rings is 1. The molecule has 0 aliphatic carbocycles. The second-order valence-electron chi connectivity index (χ2n) is 5.43. The molecule has 2 rings (SSSR count). The van der Waals surface area contributed by atoms with E-state index >= 15 is 0 Å². The lowest BCUT2D eigenvalue weighted by Crippen LogP contribution is -2.13. The average Bonchev–Trinajstić information content (AvgIpc) is 2.72. The first-order valence-electron chi connectivity index (χ1n) is 7.20. The highest BCUT2D eigenvalue weighted by molar-refractivity contribution is 7.16. The number of aryl methyl sites for hydroxylation is 1. The summed E-state index contributed by atoms with van der Waals surface area (Å²) >= 11 is 1.59. The zero-order valence-corrected chi connectivity index (χ0v) is 13.5. The third kappa shape index (κ3) is 3.18. The van der Waals surface area contributed by atoms with Crippen molar-refractivity contribution in [3.8, 4) is 0 Å². The van der Waals surface area contributed by atoms with E-state index in [1.807, 2.05) is 11.6 Å². The number of amides is 1. The molecule has 0 bridgehead atoms. The molecular weight excluding hydrogens is 268 g/mol. The molecule has 1 aromatic carbocycles. The lowest BCUT2D eigenvalue weighted by Gasteiger charge is -2.04. The van der Waals surface area contributed by atoms with E-state index in [1.165, 1.54) is 10.3 Å². The fourth-order valence-electron chi connectivity index (χ4n) is 2.11. The molecule has 0 aliphatic rings. The summed E-state index contributed by atoms with van der Waals surface area (Å²) < 4.78 is 3.20. The quantitative estimate of drug-likeness (QED) is 0.838. The monoisotopic (exact) mass is 290 g/mol. The van der Waals surface area contributed by atoms with Crippen molar-refractivity contribution < 1.29 is 4.79 Å². The van der Waals surface area contributed by atoms with Crippen LogP contribution < -0.4 is 4.80 Å². The van der Waals surface area contributed by atoms with E-state index in [-0.39, 0.29) is 5.91 Å². The second-order valence-corrected chi connectivity index (χ2v) is 6.44. The number of carbonyl (C=O) groups excluding carboxylic acids is 1. The average molecular weight is 290 g/mol. The van der Waals surface area contributed by atoms with Gasteiger partial charge >= 0.3 is 0 Å². The number of unbranched alkanes of at least 4 members (excludes halogenated alkanes) is 1. The molecule has 0 radical (unpaired) electrons. The number of hydrogen-bond donors (Lipinski definition) is 0. The van der Waals surface area contributed by atoms with Crippen LogP contribution in [-0.2, 0) is 11.8 Å². The first-order valence-corrected chi connectivity index (χ1v) is 8.01. The molecule has 1 amide bonds. The Kier molecular flexibility index (Phi) is 4.76. The van der Waals surface area contributed by atoms with Gasteiger partial charge in [0.1, 0.15) is 0 Å². The van der Waals surface area contributed by atoms with E-state index in [0.29, 0.717) is 12.3 Å². The fourth-order valence-corrected chi connectivity index (χ4v) is 3.19. The SMILES string of the molecule is CCCCC(=O)N=c1sc2cc(C(C)C)ccc2n1C. The molecule has 0 unspecified atom stereocenters. The molecule has 3 nitrogen and oxygen atoms in total. The Labute approximate surface area is 124 Å². The van der Waals surface area contributed by atoms with Crippen molar-refractivity contribution in [1.29, 1.82) is 0 Å². The molecule has 0 N–H and O–H groups in total. The topological polar surface area (TPSA) is 34.4 Å². The Hall–Kier alpha value is -1.42. The predicted octanol–water partition coefficient (Wildman–Crippen LogP) is 3.98. The molecule has 108 valence electrons. The maximum Gasteiger partial charge on any atom is 0.248 e. The lowest BCUT2D eigenvalue weighted by atomic mass is 10.0. The van der Waals surface area contributed by atoms with Crippen LogP contribution in [0.1, 0.15) is 51.5 Å². The zero-order valence-electron chi connectivity index (χ0n) is 12.6. The highest BCUT2D eigenvalue weighted by Gasteiger charge is 2.07. The summed E-state index contributed by atoms with van der Waals surface area (Å²) in [5.41, 5.74) is 2.46.